The van der Waals surface area contributed by atoms with Crippen LogP contribution in [0.2, 0.25) is 0 Å². The molecule has 0 radical (unpaired) electrons. The summed E-state index contributed by atoms with van der Waals surface area (Å²) < 4.78 is 10.2. The van der Waals surface area contributed by atoms with Gasteiger partial charge in [0.25, 0.3) is 0 Å². The Morgan fingerprint density at radius 1 is 0.308 bits per heavy atom. The van der Waals surface area contributed by atoms with Crippen LogP contribution in [0.5, 0.6) is 0 Å². The van der Waals surface area contributed by atoms with E-state index in [1.807, 2.05) is 22.7 Å². The number of rotatable bonds is 3. The van der Waals surface area contributed by atoms with E-state index < -0.39 is 0 Å². The van der Waals surface area contributed by atoms with E-state index in [9.17, 15) is 0 Å². The molecule has 4 aromatic heterocycles. The molecule has 4 heteroatoms. The van der Waals surface area contributed by atoms with Crippen LogP contribution in [0.4, 0.5) is 0 Å². The molecule has 0 unspecified atom stereocenters. The molecule has 0 N–H and O–H groups in total. The summed E-state index contributed by atoms with van der Waals surface area (Å²) in [5, 5.41) is 10.4. The van der Waals surface area contributed by atoms with Crippen LogP contribution >= 0.6 is 22.7 Å². The van der Waals surface area contributed by atoms with Gasteiger partial charge in [-0.2, -0.15) is 0 Å². The molecule has 0 aliphatic carbocycles. The van der Waals surface area contributed by atoms with Crippen LogP contribution < -0.4 is 0 Å². The number of fused-ring (bicyclic) bond motifs is 12. The lowest BCUT2D eigenvalue weighted by Crippen LogP contribution is -1.94. The third kappa shape index (κ3) is 3.93. The van der Waals surface area contributed by atoms with Crippen molar-refractivity contribution in [1.82, 2.24) is 9.13 Å². The number of hydrogen-bond donors (Lipinski definition) is 0. The molecule has 12 rings (SSSR count). The minimum absolute atomic E-state index is 1.20. The first-order valence-corrected chi connectivity index (χ1v) is 19.3. The number of hydrogen-bond acceptors (Lipinski definition) is 2. The van der Waals surface area contributed by atoms with Gasteiger partial charge in [-0.25, -0.2) is 0 Å². The van der Waals surface area contributed by atoms with Crippen LogP contribution in [-0.4, -0.2) is 9.13 Å². The lowest BCUT2D eigenvalue weighted by atomic mass is 10.0. The second kappa shape index (κ2) is 10.7. The normalized spacial score (nSPS) is 12.2. The van der Waals surface area contributed by atoms with Gasteiger partial charge in [-0.3, -0.25) is 0 Å². The van der Waals surface area contributed by atoms with Crippen molar-refractivity contribution >= 4 is 107 Å². The molecule has 0 atom stereocenters. The second-order valence-electron chi connectivity index (χ2n) is 13.7. The highest BCUT2D eigenvalue weighted by Crippen LogP contribution is 2.43. The van der Waals surface area contributed by atoms with Gasteiger partial charge in [0.15, 0.2) is 0 Å². The van der Waals surface area contributed by atoms with Gasteiger partial charge in [0.05, 0.1) is 27.8 Å². The van der Waals surface area contributed by atoms with Crippen LogP contribution in [0.1, 0.15) is 0 Å². The fourth-order valence-electron chi connectivity index (χ4n) is 8.64. The zero-order valence-corrected chi connectivity index (χ0v) is 29.5. The molecule has 0 aliphatic heterocycles. The first kappa shape index (κ1) is 28.5. The highest BCUT2D eigenvalue weighted by atomic mass is 32.1. The summed E-state index contributed by atoms with van der Waals surface area (Å²) in [5.74, 6) is 0. The minimum Gasteiger partial charge on any atom is -0.309 e. The van der Waals surface area contributed by atoms with Crippen molar-refractivity contribution in [2.24, 2.45) is 0 Å². The Balaban J connectivity index is 1.05. The van der Waals surface area contributed by atoms with Gasteiger partial charge in [0, 0.05) is 67.6 Å². The van der Waals surface area contributed by atoms with E-state index >= 15 is 0 Å². The molecule has 2 nitrogen and oxygen atoms in total. The summed E-state index contributed by atoms with van der Waals surface area (Å²) >= 11 is 3.74. The first-order valence-electron chi connectivity index (χ1n) is 17.7. The van der Waals surface area contributed by atoms with Crippen molar-refractivity contribution in [3.05, 3.63) is 170 Å². The van der Waals surface area contributed by atoms with Gasteiger partial charge in [0.2, 0.25) is 0 Å². The maximum Gasteiger partial charge on any atom is 0.0555 e. The quantitative estimate of drug-likeness (QED) is 0.174. The molecule has 12 aromatic rings. The zero-order chi connectivity index (χ0) is 33.9. The lowest BCUT2D eigenvalue weighted by Gasteiger charge is -2.11. The number of nitrogens with zero attached hydrogens (tertiary/aromatic N) is 2. The van der Waals surface area contributed by atoms with Gasteiger partial charge in [-0.05, 0) is 83.9 Å². The molecule has 0 aliphatic rings. The third-order valence-electron chi connectivity index (χ3n) is 10.9. The highest BCUT2D eigenvalue weighted by Gasteiger charge is 2.19. The Hall–Kier alpha value is -6.20. The predicted molar refractivity (Wildman–Crippen MR) is 226 cm³/mol. The molecule has 0 saturated heterocycles. The number of aromatic nitrogens is 2. The summed E-state index contributed by atoms with van der Waals surface area (Å²) in [6.07, 6.45) is 0. The summed E-state index contributed by atoms with van der Waals surface area (Å²) in [6.45, 7) is 0. The van der Waals surface area contributed by atoms with E-state index in [-0.39, 0.29) is 0 Å². The summed E-state index contributed by atoms with van der Waals surface area (Å²) in [7, 11) is 0. The van der Waals surface area contributed by atoms with Crippen LogP contribution in [0.15, 0.2) is 170 Å². The lowest BCUT2D eigenvalue weighted by molar-refractivity contribution is 1.19. The van der Waals surface area contributed by atoms with Crippen LogP contribution in [0.25, 0.3) is 106 Å². The van der Waals surface area contributed by atoms with Crippen molar-refractivity contribution in [3.8, 4) is 22.5 Å². The number of thiophene rings is 2. The van der Waals surface area contributed by atoms with Crippen molar-refractivity contribution in [3.63, 3.8) is 0 Å². The Bertz CT molecular complexity index is 3420. The van der Waals surface area contributed by atoms with E-state index in [4.69, 9.17) is 0 Å². The van der Waals surface area contributed by atoms with E-state index in [1.54, 1.807) is 0 Å². The zero-order valence-electron chi connectivity index (χ0n) is 27.9. The SMILES string of the molecule is c1ccc2c(c1)sc1cc(-n3c4ccccc4c4cc(-c5ccc6c(c5)c5ccccc5n6-c5cccc6sc7ccccc7c56)ccc43)ccc12. The van der Waals surface area contributed by atoms with E-state index in [1.165, 1.54) is 106 Å². The maximum absolute atomic E-state index is 2.47. The van der Waals surface area contributed by atoms with Crippen molar-refractivity contribution < 1.29 is 0 Å². The Labute approximate surface area is 306 Å². The highest BCUT2D eigenvalue weighted by molar-refractivity contribution is 7.26. The van der Waals surface area contributed by atoms with Crippen molar-refractivity contribution in [2.75, 3.05) is 0 Å². The molecule has 0 amide bonds. The predicted octanol–water partition coefficient (Wildman–Crippen LogP) is 14.3. The largest absolute Gasteiger partial charge is 0.309 e. The average molecular weight is 697 g/mol. The first-order chi connectivity index (χ1) is 25.8. The van der Waals surface area contributed by atoms with Crippen LogP contribution in [0.3, 0.4) is 0 Å². The Kier molecular flexibility index (Phi) is 5.84. The van der Waals surface area contributed by atoms with Crippen LogP contribution in [-0.2, 0) is 0 Å². The van der Waals surface area contributed by atoms with Gasteiger partial charge >= 0.3 is 0 Å². The minimum atomic E-state index is 1.20. The molecule has 8 aromatic carbocycles. The topological polar surface area (TPSA) is 9.86 Å². The smallest absolute Gasteiger partial charge is 0.0555 e. The van der Waals surface area contributed by atoms with E-state index in [2.05, 4.69) is 179 Å². The van der Waals surface area contributed by atoms with E-state index in [0.717, 1.165) is 0 Å². The Morgan fingerprint density at radius 3 is 1.56 bits per heavy atom. The van der Waals surface area contributed by atoms with Gasteiger partial charge in [-0.1, -0.05) is 97.1 Å². The molecule has 242 valence electrons. The molecule has 0 bridgehead atoms. The molecule has 4 heterocycles. The standard InChI is InChI=1S/C48H28N2S2/c1-5-14-39-32(10-1)37-26-29(20-24-41(37)49(39)31-22-23-35-34-12-3-7-17-44(34)52-47(35)28-31)30-21-25-42-38(27-30)33-11-2-6-15-40(33)50(42)43-16-9-19-46-48(43)36-13-4-8-18-45(36)51-46/h1-28H. The third-order valence-corrected chi connectivity index (χ3v) is 13.2. The van der Waals surface area contributed by atoms with Gasteiger partial charge in [-0.15, -0.1) is 22.7 Å². The molecule has 0 fully saturated rings. The monoisotopic (exact) mass is 696 g/mol. The number of para-hydroxylation sites is 2. The molecule has 0 spiro atoms. The second-order valence-corrected chi connectivity index (χ2v) is 15.9. The maximum atomic E-state index is 2.47. The van der Waals surface area contributed by atoms with E-state index in [0.29, 0.717) is 0 Å². The van der Waals surface area contributed by atoms with Crippen LogP contribution in [0, 0.1) is 0 Å². The number of benzene rings is 8. The molecular weight excluding hydrogens is 669 g/mol. The molecule has 52 heavy (non-hydrogen) atoms. The Morgan fingerprint density at radius 2 is 0.827 bits per heavy atom. The average Bonchev–Trinajstić information content (AvgIpc) is 3.94. The fourth-order valence-corrected chi connectivity index (χ4v) is 10.9. The van der Waals surface area contributed by atoms with Crippen molar-refractivity contribution in [2.45, 2.75) is 0 Å². The summed E-state index contributed by atoms with van der Waals surface area (Å²) in [5.41, 5.74) is 9.77. The summed E-state index contributed by atoms with van der Waals surface area (Å²) in [6, 6.07) is 62.9. The molecular formula is C48H28N2S2. The fraction of sp³-hybridized carbons (Fsp3) is 0. The molecule has 0 saturated carbocycles. The van der Waals surface area contributed by atoms with Gasteiger partial charge < -0.3 is 9.13 Å². The van der Waals surface area contributed by atoms with Crippen molar-refractivity contribution in [1.29, 1.82) is 0 Å². The van der Waals surface area contributed by atoms with Gasteiger partial charge in [0.1, 0.15) is 0 Å². The summed E-state index contributed by atoms with van der Waals surface area (Å²) in [4.78, 5) is 0.